The lowest BCUT2D eigenvalue weighted by Gasteiger charge is -2.09. The van der Waals surface area contributed by atoms with Gasteiger partial charge in [0.1, 0.15) is 5.75 Å². The molecule has 0 spiro atoms. The molecule has 1 aromatic rings. The van der Waals surface area contributed by atoms with Gasteiger partial charge in [0, 0.05) is 12.6 Å². The summed E-state index contributed by atoms with van der Waals surface area (Å²) in [4.78, 5) is 11.3. The van der Waals surface area contributed by atoms with Gasteiger partial charge in [-0.15, -0.1) is 0 Å². The van der Waals surface area contributed by atoms with E-state index < -0.39 is 0 Å². The van der Waals surface area contributed by atoms with Crippen LogP contribution in [0.1, 0.15) is 12.5 Å². The molecule has 0 aliphatic heterocycles. The predicted molar refractivity (Wildman–Crippen MR) is 63.3 cm³/mol. The first-order valence-corrected chi connectivity index (χ1v) is 5.29. The fraction of sp³-hybridized carbons (Fsp3) is 0.417. The highest BCUT2D eigenvalue weighted by Gasteiger charge is 2.03. The van der Waals surface area contributed by atoms with Crippen molar-refractivity contribution in [3.8, 4) is 5.75 Å². The van der Waals surface area contributed by atoms with Gasteiger partial charge in [-0.3, -0.25) is 4.79 Å². The minimum absolute atomic E-state index is 0.0240. The summed E-state index contributed by atoms with van der Waals surface area (Å²) in [6.07, 6.45) is 0. The third-order valence-corrected chi connectivity index (χ3v) is 1.98. The van der Waals surface area contributed by atoms with Crippen LogP contribution in [0.25, 0.3) is 0 Å². The second kappa shape index (κ2) is 6.12. The minimum atomic E-state index is -0.154. The van der Waals surface area contributed by atoms with Crippen molar-refractivity contribution < 1.29 is 9.53 Å². The lowest BCUT2D eigenvalue weighted by Crippen LogP contribution is -2.37. The quantitative estimate of drug-likeness (QED) is 0.776. The zero-order chi connectivity index (χ0) is 12.0. The number of ether oxygens (including phenoxy) is 1. The molecule has 1 rings (SSSR count). The van der Waals surface area contributed by atoms with Gasteiger partial charge in [0.2, 0.25) is 0 Å². The second-order valence-electron chi connectivity index (χ2n) is 3.89. The van der Waals surface area contributed by atoms with Gasteiger partial charge >= 0.3 is 0 Å². The van der Waals surface area contributed by atoms with Gasteiger partial charge in [-0.05, 0) is 31.5 Å². The fourth-order valence-electron chi connectivity index (χ4n) is 1.18. The maximum Gasteiger partial charge on any atom is 0.257 e. The van der Waals surface area contributed by atoms with Gasteiger partial charge in [-0.2, -0.15) is 0 Å². The van der Waals surface area contributed by atoms with Crippen LogP contribution in [-0.2, 0) is 4.79 Å². The van der Waals surface area contributed by atoms with E-state index in [2.05, 4.69) is 5.32 Å². The maximum absolute atomic E-state index is 11.3. The lowest BCUT2D eigenvalue weighted by molar-refractivity contribution is -0.123. The van der Waals surface area contributed by atoms with Crippen molar-refractivity contribution in [1.82, 2.24) is 5.32 Å². The Balaban J connectivity index is 2.31. The molecule has 0 bridgehead atoms. The van der Waals surface area contributed by atoms with Crippen molar-refractivity contribution in [1.29, 1.82) is 0 Å². The van der Waals surface area contributed by atoms with Crippen LogP contribution in [0.4, 0.5) is 0 Å². The van der Waals surface area contributed by atoms with Gasteiger partial charge in [-0.25, -0.2) is 0 Å². The molecule has 0 saturated heterocycles. The van der Waals surface area contributed by atoms with Gasteiger partial charge < -0.3 is 15.8 Å². The predicted octanol–water partition coefficient (Wildman–Crippen LogP) is 0.837. The van der Waals surface area contributed by atoms with Gasteiger partial charge in [-0.1, -0.05) is 12.1 Å². The van der Waals surface area contributed by atoms with Crippen LogP contribution in [0, 0.1) is 6.92 Å². The van der Waals surface area contributed by atoms with Crippen molar-refractivity contribution in [2.75, 3.05) is 13.2 Å². The average molecular weight is 222 g/mol. The van der Waals surface area contributed by atoms with E-state index in [4.69, 9.17) is 10.5 Å². The van der Waals surface area contributed by atoms with Crippen molar-refractivity contribution in [2.45, 2.75) is 19.9 Å². The van der Waals surface area contributed by atoms with E-state index in [0.29, 0.717) is 12.3 Å². The Morgan fingerprint density at radius 1 is 1.56 bits per heavy atom. The summed E-state index contributed by atoms with van der Waals surface area (Å²) in [5.74, 6) is 0.551. The Labute approximate surface area is 95.8 Å². The van der Waals surface area contributed by atoms with Gasteiger partial charge in [0.25, 0.3) is 5.91 Å². The van der Waals surface area contributed by atoms with Crippen molar-refractivity contribution in [2.24, 2.45) is 5.73 Å². The van der Waals surface area contributed by atoms with E-state index >= 15 is 0 Å². The normalized spacial score (nSPS) is 11.9. The highest BCUT2D eigenvalue weighted by molar-refractivity contribution is 5.77. The molecule has 3 N–H and O–H groups in total. The van der Waals surface area contributed by atoms with E-state index in [9.17, 15) is 4.79 Å². The Morgan fingerprint density at radius 2 is 2.31 bits per heavy atom. The molecular weight excluding hydrogens is 204 g/mol. The number of carbonyl (C=O) groups is 1. The van der Waals surface area contributed by atoms with E-state index in [1.165, 1.54) is 0 Å². The molecular formula is C12H18N2O2. The van der Waals surface area contributed by atoms with Crippen LogP contribution in [0.2, 0.25) is 0 Å². The fourth-order valence-corrected chi connectivity index (χ4v) is 1.18. The lowest BCUT2D eigenvalue weighted by atomic mass is 10.2. The van der Waals surface area contributed by atoms with E-state index in [-0.39, 0.29) is 18.6 Å². The van der Waals surface area contributed by atoms with E-state index in [1.807, 2.05) is 38.1 Å². The number of aryl methyl sites for hydroxylation is 1. The number of nitrogens with two attached hydrogens (primary N) is 1. The number of hydrogen-bond acceptors (Lipinski definition) is 3. The van der Waals surface area contributed by atoms with Gasteiger partial charge in [0.15, 0.2) is 6.61 Å². The molecule has 0 radical (unpaired) electrons. The monoisotopic (exact) mass is 222 g/mol. The molecule has 0 fully saturated rings. The smallest absolute Gasteiger partial charge is 0.257 e. The Kier molecular flexibility index (Phi) is 4.79. The first-order chi connectivity index (χ1) is 7.58. The topological polar surface area (TPSA) is 64.3 Å². The summed E-state index contributed by atoms with van der Waals surface area (Å²) in [6, 6.07) is 7.54. The molecule has 88 valence electrons. The second-order valence-corrected chi connectivity index (χ2v) is 3.89. The van der Waals surface area contributed by atoms with Crippen LogP contribution in [0.5, 0.6) is 5.75 Å². The molecule has 4 nitrogen and oxygen atoms in total. The minimum Gasteiger partial charge on any atom is -0.484 e. The summed E-state index contributed by atoms with van der Waals surface area (Å²) < 4.78 is 5.33. The molecule has 16 heavy (non-hydrogen) atoms. The largest absolute Gasteiger partial charge is 0.484 e. The number of hydrogen-bond donors (Lipinski definition) is 2. The van der Waals surface area contributed by atoms with E-state index in [1.54, 1.807) is 0 Å². The summed E-state index contributed by atoms with van der Waals surface area (Å²) >= 11 is 0. The van der Waals surface area contributed by atoms with Crippen LogP contribution < -0.4 is 15.8 Å². The number of nitrogens with one attached hydrogen (secondary N) is 1. The number of amides is 1. The van der Waals surface area contributed by atoms with Crippen molar-refractivity contribution >= 4 is 5.91 Å². The van der Waals surface area contributed by atoms with Crippen LogP contribution in [0.15, 0.2) is 24.3 Å². The molecule has 1 unspecified atom stereocenters. The Morgan fingerprint density at radius 3 is 2.94 bits per heavy atom. The van der Waals surface area contributed by atoms with Crippen LogP contribution in [-0.4, -0.2) is 25.1 Å². The number of rotatable bonds is 5. The molecule has 1 atom stereocenters. The zero-order valence-corrected chi connectivity index (χ0v) is 9.69. The van der Waals surface area contributed by atoms with Crippen molar-refractivity contribution in [3.63, 3.8) is 0 Å². The summed E-state index contributed by atoms with van der Waals surface area (Å²) in [7, 11) is 0. The molecule has 0 heterocycles. The summed E-state index contributed by atoms with van der Waals surface area (Å²) in [5.41, 5.74) is 6.62. The first kappa shape index (κ1) is 12.5. The Bertz CT molecular complexity index is 351. The SMILES string of the molecule is Cc1cccc(OCC(=O)NCC(C)N)c1. The maximum atomic E-state index is 11.3. The third kappa shape index (κ3) is 4.79. The number of benzene rings is 1. The van der Waals surface area contributed by atoms with Gasteiger partial charge in [0.05, 0.1) is 0 Å². The molecule has 0 aliphatic carbocycles. The van der Waals surface area contributed by atoms with Crippen LogP contribution in [0.3, 0.4) is 0 Å². The Hall–Kier alpha value is -1.55. The third-order valence-electron chi connectivity index (χ3n) is 1.98. The highest BCUT2D eigenvalue weighted by Crippen LogP contribution is 2.11. The van der Waals surface area contributed by atoms with E-state index in [0.717, 1.165) is 5.56 Å². The van der Waals surface area contributed by atoms with Crippen molar-refractivity contribution in [3.05, 3.63) is 29.8 Å². The summed E-state index contributed by atoms with van der Waals surface area (Å²) in [5, 5.41) is 2.68. The standard InChI is InChI=1S/C12H18N2O2/c1-9-4-3-5-11(6-9)16-8-12(15)14-7-10(2)13/h3-6,10H,7-8,13H2,1-2H3,(H,14,15). The number of carbonyl (C=O) groups excluding carboxylic acids is 1. The molecule has 0 saturated carbocycles. The molecule has 1 aromatic carbocycles. The molecule has 1 amide bonds. The molecule has 4 heteroatoms. The molecule has 0 aromatic heterocycles. The zero-order valence-electron chi connectivity index (χ0n) is 9.69. The molecule has 0 aliphatic rings. The summed E-state index contributed by atoms with van der Waals surface area (Å²) in [6.45, 7) is 4.30. The first-order valence-electron chi connectivity index (χ1n) is 5.29. The highest BCUT2D eigenvalue weighted by atomic mass is 16.5. The average Bonchev–Trinajstić information content (AvgIpc) is 2.23. The van der Waals surface area contributed by atoms with Crippen LogP contribution >= 0.6 is 0 Å².